The van der Waals surface area contributed by atoms with E-state index in [-0.39, 0.29) is 16.8 Å². The number of hydrogen-bond acceptors (Lipinski definition) is 4. The first-order valence-corrected chi connectivity index (χ1v) is 12.9. The van der Waals surface area contributed by atoms with Gasteiger partial charge in [-0.3, -0.25) is 4.79 Å². The number of piperidine rings is 2. The molecule has 2 aromatic carbocycles. The Bertz CT molecular complexity index is 1060. The van der Waals surface area contributed by atoms with Gasteiger partial charge in [0.2, 0.25) is 15.9 Å². The highest BCUT2D eigenvalue weighted by Crippen LogP contribution is 2.26. The molecular formula is C23H30ClN3O3S. The first-order valence-electron chi connectivity index (χ1n) is 11.0. The molecule has 2 aromatic rings. The van der Waals surface area contributed by atoms with Gasteiger partial charge in [0.1, 0.15) is 6.04 Å². The molecule has 2 aliphatic heterocycles. The van der Waals surface area contributed by atoms with Crippen LogP contribution < -0.4 is 4.72 Å². The molecule has 2 saturated heterocycles. The van der Waals surface area contributed by atoms with Crippen LogP contribution in [0.15, 0.2) is 41.3 Å². The Labute approximate surface area is 189 Å². The average Bonchev–Trinajstić information content (AvgIpc) is 2.74. The third kappa shape index (κ3) is 4.90. The Balaban J connectivity index is 1.47. The minimum atomic E-state index is -3.81. The highest BCUT2D eigenvalue weighted by molar-refractivity contribution is 7.89. The summed E-state index contributed by atoms with van der Waals surface area (Å²) in [6.07, 6.45) is 3.22. The van der Waals surface area contributed by atoms with Crippen molar-refractivity contribution in [3.05, 3.63) is 41.4 Å². The monoisotopic (exact) mass is 463 g/mol. The minimum absolute atomic E-state index is 0.0922. The lowest BCUT2D eigenvalue weighted by Crippen LogP contribution is -2.57. The van der Waals surface area contributed by atoms with E-state index in [9.17, 15) is 13.2 Å². The van der Waals surface area contributed by atoms with E-state index in [2.05, 4.69) is 23.5 Å². The number of nitrogens with one attached hydrogen (secondary N) is 1. The van der Waals surface area contributed by atoms with Crippen LogP contribution in [-0.2, 0) is 14.8 Å². The molecule has 2 heterocycles. The lowest BCUT2D eigenvalue weighted by Gasteiger charge is -2.43. The van der Waals surface area contributed by atoms with Crippen LogP contribution in [0.4, 0.5) is 0 Å². The first kappa shape index (κ1) is 22.5. The largest absolute Gasteiger partial charge is 0.338 e. The number of halogens is 1. The Morgan fingerprint density at radius 1 is 1.00 bits per heavy atom. The summed E-state index contributed by atoms with van der Waals surface area (Å²) in [5, 5.41) is 2.27. The summed E-state index contributed by atoms with van der Waals surface area (Å²) >= 11 is 6.02. The number of benzene rings is 2. The SMILES string of the molecule is CC(C)N1CCC(N2CCC[C@@H](NS(=O)(=O)c3ccc4cc(Cl)ccc4c3)C2=O)CC1. The molecule has 31 heavy (non-hydrogen) atoms. The van der Waals surface area contributed by atoms with Crippen LogP contribution in [0.5, 0.6) is 0 Å². The molecule has 8 heteroatoms. The van der Waals surface area contributed by atoms with Crippen molar-refractivity contribution in [2.45, 2.75) is 62.6 Å². The van der Waals surface area contributed by atoms with Gasteiger partial charge in [-0.05, 0) is 74.6 Å². The molecular weight excluding hydrogens is 434 g/mol. The number of amides is 1. The van der Waals surface area contributed by atoms with E-state index in [4.69, 9.17) is 11.6 Å². The van der Waals surface area contributed by atoms with Crippen LogP contribution in [0.2, 0.25) is 5.02 Å². The summed E-state index contributed by atoms with van der Waals surface area (Å²) in [6, 6.07) is 10.3. The van der Waals surface area contributed by atoms with E-state index < -0.39 is 16.1 Å². The molecule has 0 unspecified atom stereocenters. The van der Waals surface area contributed by atoms with Gasteiger partial charge in [0.25, 0.3) is 0 Å². The number of fused-ring (bicyclic) bond motifs is 1. The summed E-state index contributed by atoms with van der Waals surface area (Å²) in [6.45, 7) is 7.05. The van der Waals surface area contributed by atoms with Crippen LogP contribution in [0, 0.1) is 0 Å². The second-order valence-corrected chi connectivity index (χ2v) is 11.0. The quantitative estimate of drug-likeness (QED) is 0.735. The average molecular weight is 464 g/mol. The van der Waals surface area contributed by atoms with Crippen LogP contribution >= 0.6 is 11.6 Å². The number of nitrogens with zero attached hydrogens (tertiary/aromatic N) is 2. The van der Waals surface area contributed by atoms with Crippen molar-refractivity contribution in [1.29, 1.82) is 0 Å². The summed E-state index contributed by atoms with van der Waals surface area (Å²) in [5.41, 5.74) is 0. The molecule has 0 spiro atoms. The maximum absolute atomic E-state index is 13.2. The molecule has 1 N–H and O–H groups in total. The van der Waals surface area contributed by atoms with E-state index in [0.29, 0.717) is 24.0 Å². The van der Waals surface area contributed by atoms with Crippen molar-refractivity contribution >= 4 is 38.3 Å². The van der Waals surface area contributed by atoms with Gasteiger partial charge in [0, 0.05) is 36.7 Å². The van der Waals surface area contributed by atoms with E-state index in [1.165, 1.54) is 0 Å². The molecule has 0 aliphatic carbocycles. The molecule has 2 aliphatic rings. The van der Waals surface area contributed by atoms with Crippen molar-refractivity contribution in [1.82, 2.24) is 14.5 Å². The fourth-order valence-electron chi connectivity index (χ4n) is 4.70. The summed E-state index contributed by atoms with van der Waals surface area (Å²) < 4.78 is 28.8. The molecule has 0 saturated carbocycles. The number of rotatable bonds is 5. The zero-order chi connectivity index (χ0) is 22.2. The molecule has 168 valence electrons. The fourth-order valence-corrected chi connectivity index (χ4v) is 6.14. The van der Waals surface area contributed by atoms with Gasteiger partial charge < -0.3 is 9.80 Å². The molecule has 4 rings (SSSR count). The highest BCUT2D eigenvalue weighted by Gasteiger charge is 2.37. The Hall–Kier alpha value is -1.67. The number of hydrogen-bond donors (Lipinski definition) is 1. The maximum Gasteiger partial charge on any atom is 0.241 e. The lowest BCUT2D eigenvalue weighted by molar-refractivity contribution is -0.139. The van der Waals surface area contributed by atoms with Crippen molar-refractivity contribution in [3.63, 3.8) is 0 Å². The van der Waals surface area contributed by atoms with Gasteiger partial charge in [-0.25, -0.2) is 8.42 Å². The standard InChI is InChI=1S/C23H30ClN3O3S/c1-16(2)26-12-9-20(10-13-26)27-11-3-4-22(23(27)28)25-31(29,30)21-8-6-17-14-19(24)7-5-18(17)15-21/h5-8,14-16,20,22,25H,3-4,9-13H2,1-2H3/t22-/m1/s1. The Morgan fingerprint density at radius 2 is 1.68 bits per heavy atom. The smallest absolute Gasteiger partial charge is 0.241 e. The van der Waals surface area contributed by atoms with Gasteiger partial charge in [0.05, 0.1) is 4.90 Å². The van der Waals surface area contributed by atoms with Crippen LogP contribution in [0.25, 0.3) is 10.8 Å². The molecule has 0 bridgehead atoms. The Kier molecular flexibility index (Phi) is 6.58. The van der Waals surface area contributed by atoms with Gasteiger partial charge >= 0.3 is 0 Å². The Morgan fingerprint density at radius 3 is 2.39 bits per heavy atom. The number of carbonyl (C=O) groups excluding carboxylic acids is 1. The molecule has 1 atom stereocenters. The topological polar surface area (TPSA) is 69.7 Å². The predicted molar refractivity (Wildman–Crippen MR) is 124 cm³/mol. The third-order valence-electron chi connectivity index (χ3n) is 6.52. The molecule has 6 nitrogen and oxygen atoms in total. The van der Waals surface area contributed by atoms with Crippen molar-refractivity contribution in [2.75, 3.05) is 19.6 Å². The van der Waals surface area contributed by atoms with E-state index >= 15 is 0 Å². The summed E-state index contributed by atoms with van der Waals surface area (Å²) in [7, 11) is -3.81. The van der Waals surface area contributed by atoms with E-state index in [0.717, 1.165) is 43.1 Å². The van der Waals surface area contributed by atoms with Gasteiger partial charge in [-0.1, -0.05) is 23.7 Å². The summed E-state index contributed by atoms with van der Waals surface area (Å²) in [5.74, 6) is -0.0922. The maximum atomic E-state index is 13.2. The number of carbonyl (C=O) groups is 1. The number of likely N-dealkylation sites (tertiary alicyclic amines) is 2. The van der Waals surface area contributed by atoms with Gasteiger partial charge in [-0.15, -0.1) is 0 Å². The van der Waals surface area contributed by atoms with Gasteiger partial charge in [0.15, 0.2) is 0 Å². The second kappa shape index (κ2) is 9.06. The fraction of sp³-hybridized carbons (Fsp3) is 0.522. The first-order chi connectivity index (χ1) is 14.7. The minimum Gasteiger partial charge on any atom is -0.338 e. The van der Waals surface area contributed by atoms with Crippen LogP contribution in [0.3, 0.4) is 0 Å². The lowest BCUT2D eigenvalue weighted by atomic mass is 9.97. The van der Waals surface area contributed by atoms with Crippen molar-refractivity contribution in [2.24, 2.45) is 0 Å². The van der Waals surface area contributed by atoms with Crippen LogP contribution in [-0.4, -0.2) is 61.9 Å². The zero-order valence-corrected chi connectivity index (χ0v) is 19.6. The second-order valence-electron chi connectivity index (χ2n) is 8.86. The van der Waals surface area contributed by atoms with Crippen molar-refractivity contribution in [3.8, 4) is 0 Å². The van der Waals surface area contributed by atoms with E-state index in [1.54, 1.807) is 36.4 Å². The molecule has 0 radical (unpaired) electrons. The summed E-state index contributed by atoms with van der Waals surface area (Å²) in [4.78, 5) is 17.7. The predicted octanol–water partition coefficient (Wildman–Crippen LogP) is 3.64. The molecule has 0 aromatic heterocycles. The highest BCUT2D eigenvalue weighted by atomic mass is 35.5. The van der Waals surface area contributed by atoms with Crippen molar-refractivity contribution < 1.29 is 13.2 Å². The van der Waals surface area contributed by atoms with Crippen LogP contribution in [0.1, 0.15) is 39.5 Å². The molecule has 1 amide bonds. The van der Waals surface area contributed by atoms with Gasteiger partial charge in [-0.2, -0.15) is 4.72 Å². The third-order valence-corrected chi connectivity index (χ3v) is 8.23. The number of sulfonamides is 1. The zero-order valence-electron chi connectivity index (χ0n) is 18.1. The molecule has 2 fully saturated rings. The van der Waals surface area contributed by atoms with E-state index in [1.807, 2.05) is 4.90 Å². The normalized spacial score (nSPS) is 21.9.